The van der Waals surface area contributed by atoms with E-state index in [1.54, 1.807) is 14.2 Å². The van der Waals surface area contributed by atoms with E-state index in [2.05, 4.69) is 5.32 Å². The second kappa shape index (κ2) is 6.96. The zero-order valence-electron chi connectivity index (χ0n) is 10.6. The molecule has 2 N–H and O–H groups in total. The number of rotatable bonds is 5. The summed E-state index contributed by atoms with van der Waals surface area (Å²) in [4.78, 5) is 24.0. The van der Waals surface area contributed by atoms with Crippen molar-refractivity contribution in [3.63, 3.8) is 0 Å². The summed E-state index contributed by atoms with van der Waals surface area (Å²) >= 11 is 5.81. The molecule has 104 valence electrons. The van der Waals surface area contributed by atoms with Gasteiger partial charge in [0.2, 0.25) is 0 Å². The number of hydrogen-bond acceptors (Lipinski definition) is 3. The predicted octanol–water partition coefficient (Wildman–Crippen LogP) is 2.15. The van der Waals surface area contributed by atoms with Crippen molar-refractivity contribution < 1.29 is 19.4 Å². The van der Waals surface area contributed by atoms with Crippen LogP contribution in [-0.2, 0) is 4.74 Å². The summed E-state index contributed by atoms with van der Waals surface area (Å²) in [5.74, 6) is -1.11. The SMILES string of the molecule is COCCN(C)C(=O)Nc1ccc(C(=O)O)c(Cl)c1. The smallest absolute Gasteiger partial charge is 0.337 e. The lowest BCUT2D eigenvalue weighted by molar-refractivity contribution is 0.0697. The quantitative estimate of drug-likeness (QED) is 0.869. The molecular weight excluding hydrogens is 272 g/mol. The van der Waals surface area contributed by atoms with E-state index in [0.29, 0.717) is 18.8 Å². The number of nitrogens with zero attached hydrogens (tertiary/aromatic N) is 1. The van der Waals surface area contributed by atoms with Crippen LogP contribution in [0.1, 0.15) is 10.4 Å². The van der Waals surface area contributed by atoms with Gasteiger partial charge in [0.15, 0.2) is 0 Å². The molecule has 1 aromatic rings. The number of carbonyl (C=O) groups is 2. The Morgan fingerprint density at radius 2 is 2.16 bits per heavy atom. The molecule has 0 heterocycles. The lowest BCUT2D eigenvalue weighted by Gasteiger charge is -2.17. The van der Waals surface area contributed by atoms with Crippen LogP contribution in [0.3, 0.4) is 0 Å². The number of aromatic carboxylic acids is 1. The minimum Gasteiger partial charge on any atom is -0.478 e. The van der Waals surface area contributed by atoms with Crippen molar-refractivity contribution in [3.05, 3.63) is 28.8 Å². The highest BCUT2D eigenvalue weighted by Crippen LogP contribution is 2.21. The van der Waals surface area contributed by atoms with Crippen molar-refractivity contribution in [2.45, 2.75) is 0 Å². The second-order valence-electron chi connectivity index (χ2n) is 3.84. The lowest BCUT2D eigenvalue weighted by atomic mass is 10.2. The molecule has 6 nitrogen and oxygen atoms in total. The Hall–Kier alpha value is -1.79. The van der Waals surface area contributed by atoms with Gasteiger partial charge in [0.1, 0.15) is 0 Å². The first-order valence-electron chi connectivity index (χ1n) is 5.49. The second-order valence-corrected chi connectivity index (χ2v) is 4.25. The summed E-state index contributed by atoms with van der Waals surface area (Å²) in [6.45, 7) is 0.881. The summed E-state index contributed by atoms with van der Waals surface area (Å²) in [5, 5.41) is 11.5. The molecule has 1 aromatic carbocycles. The first-order chi connectivity index (χ1) is 8.95. The largest absolute Gasteiger partial charge is 0.478 e. The molecule has 0 atom stereocenters. The molecule has 0 aliphatic rings. The van der Waals surface area contributed by atoms with Gasteiger partial charge in [0, 0.05) is 26.4 Å². The van der Waals surface area contributed by atoms with Gasteiger partial charge in [0.25, 0.3) is 0 Å². The van der Waals surface area contributed by atoms with E-state index in [4.69, 9.17) is 21.4 Å². The number of benzene rings is 1. The van der Waals surface area contributed by atoms with E-state index in [-0.39, 0.29) is 16.6 Å². The zero-order valence-corrected chi connectivity index (χ0v) is 11.4. The van der Waals surface area contributed by atoms with Crippen molar-refractivity contribution in [3.8, 4) is 0 Å². The van der Waals surface area contributed by atoms with Gasteiger partial charge in [-0.3, -0.25) is 0 Å². The maximum absolute atomic E-state index is 11.7. The highest BCUT2D eigenvalue weighted by atomic mass is 35.5. The molecule has 0 aliphatic carbocycles. The number of carboxylic acids is 1. The van der Waals surface area contributed by atoms with Crippen molar-refractivity contribution >= 4 is 29.3 Å². The third-order valence-corrected chi connectivity index (χ3v) is 2.74. The third-order valence-electron chi connectivity index (χ3n) is 2.43. The van der Waals surface area contributed by atoms with Crippen LogP contribution < -0.4 is 5.32 Å². The van der Waals surface area contributed by atoms with Crippen LogP contribution >= 0.6 is 11.6 Å². The maximum atomic E-state index is 11.7. The Bertz CT molecular complexity index is 479. The van der Waals surface area contributed by atoms with Crippen LogP contribution in [0.25, 0.3) is 0 Å². The van der Waals surface area contributed by atoms with E-state index < -0.39 is 5.97 Å². The number of hydrogen-bond donors (Lipinski definition) is 2. The summed E-state index contributed by atoms with van der Waals surface area (Å²) in [6.07, 6.45) is 0. The van der Waals surface area contributed by atoms with Crippen molar-refractivity contribution in [2.24, 2.45) is 0 Å². The maximum Gasteiger partial charge on any atom is 0.337 e. The summed E-state index contributed by atoms with van der Waals surface area (Å²) in [5.41, 5.74) is 0.427. The molecule has 0 saturated heterocycles. The van der Waals surface area contributed by atoms with Gasteiger partial charge in [-0.15, -0.1) is 0 Å². The third kappa shape index (κ3) is 4.42. The molecule has 0 bridgehead atoms. The van der Waals surface area contributed by atoms with Gasteiger partial charge in [0.05, 0.1) is 17.2 Å². The summed E-state index contributed by atoms with van der Waals surface area (Å²) in [7, 11) is 3.18. The number of methoxy groups -OCH3 is 1. The van der Waals surface area contributed by atoms with Crippen LogP contribution in [-0.4, -0.2) is 49.3 Å². The van der Waals surface area contributed by atoms with E-state index in [1.807, 2.05) is 0 Å². The molecule has 7 heteroatoms. The van der Waals surface area contributed by atoms with Gasteiger partial charge in [-0.1, -0.05) is 11.6 Å². The highest BCUT2D eigenvalue weighted by molar-refractivity contribution is 6.33. The molecule has 0 aliphatic heterocycles. The lowest BCUT2D eigenvalue weighted by Crippen LogP contribution is -2.33. The number of ether oxygens (including phenoxy) is 1. The minimum atomic E-state index is -1.11. The van der Waals surface area contributed by atoms with Crippen LogP contribution in [0.5, 0.6) is 0 Å². The Morgan fingerprint density at radius 1 is 1.47 bits per heavy atom. The van der Waals surface area contributed by atoms with E-state index in [1.165, 1.54) is 23.1 Å². The molecular formula is C12H15ClN2O4. The van der Waals surface area contributed by atoms with Gasteiger partial charge >= 0.3 is 12.0 Å². The summed E-state index contributed by atoms with van der Waals surface area (Å²) in [6, 6.07) is 3.90. The summed E-state index contributed by atoms with van der Waals surface area (Å²) < 4.78 is 4.87. The fraction of sp³-hybridized carbons (Fsp3) is 0.333. The van der Waals surface area contributed by atoms with Gasteiger partial charge in [-0.2, -0.15) is 0 Å². The number of nitrogens with one attached hydrogen (secondary N) is 1. The number of carboxylic acid groups (broad SMARTS) is 1. The fourth-order valence-electron chi connectivity index (χ4n) is 1.31. The van der Waals surface area contributed by atoms with Crippen LogP contribution in [0, 0.1) is 0 Å². The first-order valence-corrected chi connectivity index (χ1v) is 5.87. The number of halogens is 1. The average molecular weight is 287 g/mol. The van der Waals surface area contributed by atoms with Crippen LogP contribution in [0.15, 0.2) is 18.2 Å². The molecule has 1 rings (SSSR count). The predicted molar refractivity (Wildman–Crippen MR) is 71.9 cm³/mol. The van der Waals surface area contributed by atoms with Crippen molar-refractivity contribution in [1.82, 2.24) is 4.90 Å². The fourth-order valence-corrected chi connectivity index (χ4v) is 1.58. The Morgan fingerprint density at radius 3 is 2.68 bits per heavy atom. The number of carbonyl (C=O) groups excluding carboxylic acids is 1. The minimum absolute atomic E-state index is 0.00703. The number of anilines is 1. The molecule has 0 fully saturated rings. The Balaban J connectivity index is 2.70. The Kier molecular flexibility index (Phi) is 5.59. The van der Waals surface area contributed by atoms with Gasteiger partial charge < -0.3 is 20.1 Å². The molecule has 0 aromatic heterocycles. The van der Waals surface area contributed by atoms with E-state index in [9.17, 15) is 9.59 Å². The molecule has 0 radical (unpaired) electrons. The Labute approximate surface area is 115 Å². The molecule has 2 amide bonds. The first kappa shape index (κ1) is 15.3. The van der Waals surface area contributed by atoms with E-state index >= 15 is 0 Å². The van der Waals surface area contributed by atoms with Gasteiger partial charge in [-0.25, -0.2) is 9.59 Å². The standard InChI is InChI=1S/C12H15ClN2O4/c1-15(5-6-19-2)12(18)14-8-3-4-9(11(16)17)10(13)7-8/h3-4,7H,5-6H2,1-2H3,(H,14,18)(H,16,17). The van der Waals surface area contributed by atoms with Crippen molar-refractivity contribution in [1.29, 1.82) is 0 Å². The topological polar surface area (TPSA) is 78.9 Å². The highest BCUT2D eigenvalue weighted by Gasteiger charge is 2.12. The van der Waals surface area contributed by atoms with Gasteiger partial charge in [-0.05, 0) is 18.2 Å². The van der Waals surface area contributed by atoms with Crippen LogP contribution in [0.4, 0.5) is 10.5 Å². The normalized spacial score (nSPS) is 10.1. The number of amides is 2. The number of likely N-dealkylation sites (N-methyl/N-ethyl adjacent to an activating group) is 1. The van der Waals surface area contributed by atoms with Crippen molar-refractivity contribution in [2.75, 3.05) is 32.6 Å². The average Bonchev–Trinajstić information content (AvgIpc) is 2.35. The molecule has 0 spiro atoms. The molecule has 0 unspecified atom stereocenters. The number of urea groups is 1. The molecule has 0 saturated carbocycles. The monoisotopic (exact) mass is 286 g/mol. The molecule has 19 heavy (non-hydrogen) atoms. The van der Waals surface area contributed by atoms with E-state index in [0.717, 1.165) is 0 Å². The zero-order chi connectivity index (χ0) is 14.4. The van der Waals surface area contributed by atoms with Crippen LogP contribution in [0.2, 0.25) is 5.02 Å².